The van der Waals surface area contributed by atoms with E-state index in [1.54, 1.807) is 10.9 Å². The number of benzene rings is 2. The summed E-state index contributed by atoms with van der Waals surface area (Å²) in [5.74, 6) is 0.682. The summed E-state index contributed by atoms with van der Waals surface area (Å²) in [7, 11) is 0. The molecule has 4 nitrogen and oxygen atoms in total. The summed E-state index contributed by atoms with van der Waals surface area (Å²) in [5, 5.41) is 12.2. The minimum atomic E-state index is 0.441. The SMILES string of the molecule is Cc1ccccc1-c1n[nH]c(=S)n1N=Cc1cccc(Cl)c1. The first kappa shape index (κ1) is 14.7. The minimum absolute atomic E-state index is 0.441. The van der Waals surface area contributed by atoms with Gasteiger partial charge in [0, 0.05) is 10.6 Å². The zero-order valence-corrected chi connectivity index (χ0v) is 13.4. The van der Waals surface area contributed by atoms with Gasteiger partial charge in [-0.1, -0.05) is 48.0 Å². The van der Waals surface area contributed by atoms with Gasteiger partial charge in [-0.15, -0.1) is 0 Å². The van der Waals surface area contributed by atoms with Crippen molar-refractivity contribution < 1.29 is 0 Å². The van der Waals surface area contributed by atoms with Crippen molar-refractivity contribution in [3.8, 4) is 11.4 Å². The van der Waals surface area contributed by atoms with E-state index in [4.69, 9.17) is 23.8 Å². The van der Waals surface area contributed by atoms with Gasteiger partial charge in [0.15, 0.2) is 5.82 Å². The van der Waals surface area contributed by atoms with Crippen LogP contribution >= 0.6 is 23.8 Å². The lowest BCUT2D eigenvalue weighted by atomic mass is 10.1. The van der Waals surface area contributed by atoms with Gasteiger partial charge in [0.1, 0.15) is 0 Å². The van der Waals surface area contributed by atoms with E-state index < -0.39 is 0 Å². The maximum absolute atomic E-state index is 5.98. The molecule has 0 saturated carbocycles. The standard InChI is InChI=1S/C16H13ClN4S/c1-11-5-2-3-8-14(11)15-19-20-16(22)21(15)18-10-12-6-4-7-13(17)9-12/h2-10H,1H3,(H,20,22). The van der Waals surface area contributed by atoms with Crippen molar-refractivity contribution >= 4 is 30.0 Å². The third kappa shape index (κ3) is 3.00. The number of H-pyrrole nitrogens is 1. The molecule has 0 amide bonds. The number of aryl methyl sites for hydroxylation is 1. The molecular formula is C16H13ClN4S. The van der Waals surface area contributed by atoms with Crippen LogP contribution in [0.2, 0.25) is 5.02 Å². The molecule has 0 radical (unpaired) electrons. The summed E-state index contributed by atoms with van der Waals surface area (Å²) in [6, 6.07) is 15.4. The predicted octanol–water partition coefficient (Wildman–Crippen LogP) is 4.45. The van der Waals surface area contributed by atoms with Crippen LogP contribution in [0.15, 0.2) is 53.6 Å². The summed E-state index contributed by atoms with van der Waals surface area (Å²) < 4.78 is 2.05. The Balaban J connectivity index is 2.04. The number of hydrogen-bond acceptors (Lipinski definition) is 3. The zero-order valence-electron chi connectivity index (χ0n) is 11.8. The number of halogens is 1. The third-order valence-corrected chi connectivity index (χ3v) is 3.71. The van der Waals surface area contributed by atoms with Crippen LogP contribution < -0.4 is 0 Å². The first-order chi connectivity index (χ1) is 10.6. The van der Waals surface area contributed by atoms with E-state index in [2.05, 4.69) is 15.3 Å². The molecule has 0 aliphatic carbocycles. The van der Waals surface area contributed by atoms with Crippen LogP contribution in [0.3, 0.4) is 0 Å². The average molecular weight is 329 g/mol. The molecule has 0 spiro atoms. The maximum Gasteiger partial charge on any atom is 0.216 e. The maximum atomic E-state index is 5.98. The molecule has 1 N–H and O–H groups in total. The topological polar surface area (TPSA) is 46.0 Å². The zero-order chi connectivity index (χ0) is 15.5. The van der Waals surface area contributed by atoms with E-state index in [9.17, 15) is 0 Å². The van der Waals surface area contributed by atoms with Gasteiger partial charge >= 0.3 is 0 Å². The Morgan fingerprint density at radius 3 is 2.82 bits per heavy atom. The molecule has 0 aliphatic heterocycles. The number of nitrogens with one attached hydrogen (secondary N) is 1. The summed E-state index contributed by atoms with van der Waals surface area (Å²) in [6.45, 7) is 2.03. The Kier molecular flexibility index (Phi) is 4.18. The fourth-order valence-corrected chi connectivity index (χ4v) is 2.49. The Morgan fingerprint density at radius 1 is 1.23 bits per heavy atom. The molecule has 6 heteroatoms. The molecule has 0 aliphatic rings. The van der Waals surface area contributed by atoms with Crippen molar-refractivity contribution in [2.75, 3.05) is 0 Å². The fraction of sp³-hybridized carbons (Fsp3) is 0.0625. The molecule has 0 unspecified atom stereocenters. The van der Waals surface area contributed by atoms with Gasteiger partial charge < -0.3 is 0 Å². The number of aromatic amines is 1. The monoisotopic (exact) mass is 328 g/mol. The van der Waals surface area contributed by atoms with Gasteiger partial charge in [-0.25, -0.2) is 5.10 Å². The van der Waals surface area contributed by atoms with Gasteiger partial charge in [0.05, 0.1) is 6.21 Å². The highest BCUT2D eigenvalue weighted by Gasteiger charge is 2.09. The molecule has 22 heavy (non-hydrogen) atoms. The van der Waals surface area contributed by atoms with Crippen LogP contribution in [0.4, 0.5) is 0 Å². The molecular weight excluding hydrogens is 316 g/mol. The van der Waals surface area contributed by atoms with Crippen LogP contribution in [0, 0.1) is 11.7 Å². The number of hydrogen-bond donors (Lipinski definition) is 1. The predicted molar refractivity (Wildman–Crippen MR) is 92.0 cm³/mol. The van der Waals surface area contributed by atoms with Crippen LogP contribution in [0.25, 0.3) is 11.4 Å². The van der Waals surface area contributed by atoms with E-state index >= 15 is 0 Å². The smallest absolute Gasteiger partial charge is 0.216 e. The Morgan fingerprint density at radius 2 is 2.05 bits per heavy atom. The van der Waals surface area contributed by atoms with Crippen molar-refractivity contribution in [2.24, 2.45) is 5.10 Å². The summed E-state index contributed by atoms with van der Waals surface area (Å²) in [5.41, 5.74) is 2.99. The van der Waals surface area contributed by atoms with Crippen molar-refractivity contribution in [3.05, 3.63) is 69.5 Å². The Hall–Kier alpha value is -2.24. The van der Waals surface area contributed by atoms with Gasteiger partial charge in [0.25, 0.3) is 0 Å². The van der Waals surface area contributed by atoms with E-state index in [0.29, 0.717) is 15.6 Å². The van der Waals surface area contributed by atoms with Crippen LogP contribution in [-0.2, 0) is 0 Å². The normalized spacial score (nSPS) is 11.2. The number of rotatable bonds is 3. The van der Waals surface area contributed by atoms with E-state index in [1.165, 1.54) is 0 Å². The van der Waals surface area contributed by atoms with Gasteiger partial charge in [-0.05, 0) is 42.4 Å². The van der Waals surface area contributed by atoms with Gasteiger partial charge in [-0.2, -0.15) is 14.9 Å². The largest absolute Gasteiger partial charge is 0.250 e. The lowest BCUT2D eigenvalue weighted by Crippen LogP contribution is -1.96. The second-order valence-corrected chi connectivity index (χ2v) is 5.60. The summed E-state index contributed by atoms with van der Waals surface area (Å²) in [4.78, 5) is 0. The fourth-order valence-electron chi connectivity index (χ4n) is 2.11. The van der Waals surface area contributed by atoms with Crippen LogP contribution in [0.1, 0.15) is 11.1 Å². The molecule has 0 atom stereocenters. The van der Waals surface area contributed by atoms with Crippen LogP contribution in [-0.4, -0.2) is 21.1 Å². The summed E-state index contributed by atoms with van der Waals surface area (Å²) >= 11 is 11.2. The summed E-state index contributed by atoms with van der Waals surface area (Å²) in [6.07, 6.45) is 1.71. The highest BCUT2D eigenvalue weighted by Crippen LogP contribution is 2.21. The van der Waals surface area contributed by atoms with Gasteiger partial charge in [-0.3, -0.25) is 0 Å². The lowest BCUT2D eigenvalue weighted by Gasteiger charge is -2.04. The molecule has 2 aromatic carbocycles. The molecule has 0 bridgehead atoms. The van der Waals surface area contributed by atoms with E-state index in [0.717, 1.165) is 16.7 Å². The highest BCUT2D eigenvalue weighted by atomic mass is 35.5. The molecule has 0 fully saturated rings. The second kappa shape index (κ2) is 6.25. The number of nitrogens with zero attached hydrogens (tertiary/aromatic N) is 3. The van der Waals surface area contributed by atoms with Crippen molar-refractivity contribution in [1.29, 1.82) is 0 Å². The molecule has 1 heterocycles. The van der Waals surface area contributed by atoms with Crippen molar-refractivity contribution in [3.63, 3.8) is 0 Å². The van der Waals surface area contributed by atoms with Crippen molar-refractivity contribution in [2.45, 2.75) is 6.92 Å². The molecule has 110 valence electrons. The molecule has 3 rings (SSSR count). The average Bonchev–Trinajstić information content (AvgIpc) is 2.87. The van der Waals surface area contributed by atoms with Crippen molar-refractivity contribution in [1.82, 2.24) is 14.9 Å². The van der Waals surface area contributed by atoms with Gasteiger partial charge in [0.2, 0.25) is 4.77 Å². The Labute approximate surface area is 138 Å². The van der Waals surface area contributed by atoms with E-state index in [1.807, 2.05) is 55.5 Å². The highest BCUT2D eigenvalue weighted by molar-refractivity contribution is 7.71. The van der Waals surface area contributed by atoms with E-state index in [-0.39, 0.29) is 0 Å². The minimum Gasteiger partial charge on any atom is -0.250 e. The molecule has 3 aromatic rings. The first-order valence-corrected chi connectivity index (χ1v) is 7.47. The Bertz CT molecular complexity index is 895. The second-order valence-electron chi connectivity index (χ2n) is 4.78. The number of aromatic nitrogens is 3. The third-order valence-electron chi connectivity index (χ3n) is 3.21. The first-order valence-electron chi connectivity index (χ1n) is 6.68. The van der Waals surface area contributed by atoms with Crippen LogP contribution in [0.5, 0.6) is 0 Å². The quantitative estimate of drug-likeness (QED) is 0.570. The molecule has 0 saturated heterocycles. The lowest BCUT2D eigenvalue weighted by molar-refractivity contribution is 0.871. The molecule has 1 aromatic heterocycles.